The van der Waals surface area contributed by atoms with Gasteiger partial charge in [-0.05, 0) is 42.5 Å². The fourth-order valence-corrected chi connectivity index (χ4v) is 3.83. The number of ether oxygens (including phenoxy) is 2. The maximum Gasteiger partial charge on any atom is 0.253 e. The molecule has 5 heteroatoms. The zero-order valence-corrected chi connectivity index (χ0v) is 13.5. The van der Waals surface area contributed by atoms with Crippen molar-refractivity contribution in [1.82, 2.24) is 4.90 Å². The molecule has 1 spiro atoms. The fourth-order valence-electron chi connectivity index (χ4n) is 3.83. The average Bonchev–Trinajstić information content (AvgIpc) is 2.93. The van der Waals surface area contributed by atoms with Crippen molar-refractivity contribution in [2.24, 2.45) is 11.3 Å². The largest absolute Gasteiger partial charge is 0.384 e. The van der Waals surface area contributed by atoms with Gasteiger partial charge < -0.3 is 14.4 Å². The maximum atomic E-state index is 12.8. The van der Waals surface area contributed by atoms with Crippen LogP contribution in [-0.2, 0) is 9.47 Å². The Bertz CT molecular complexity index is 600. The summed E-state index contributed by atoms with van der Waals surface area (Å²) in [6.45, 7) is 3.70. The summed E-state index contributed by atoms with van der Waals surface area (Å²) in [5.41, 5.74) is 1.33. The number of hydrogen-bond donors (Lipinski definition) is 0. The van der Waals surface area contributed by atoms with Crippen molar-refractivity contribution in [2.45, 2.75) is 12.8 Å². The third-order valence-corrected chi connectivity index (χ3v) is 5.22. The smallest absolute Gasteiger partial charge is 0.253 e. The summed E-state index contributed by atoms with van der Waals surface area (Å²) in [5, 5.41) is 8.87. The lowest BCUT2D eigenvalue weighted by molar-refractivity contribution is -0.0169. The number of amides is 1. The third kappa shape index (κ3) is 3.10. The van der Waals surface area contributed by atoms with Gasteiger partial charge in [0.05, 0.1) is 18.2 Å². The first-order valence-corrected chi connectivity index (χ1v) is 8.05. The number of carbonyl (C=O) groups excluding carboxylic acids is 1. The molecule has 0 N–H and O–H groups in total. The van der Waals surface area contributed by atoms with Gasteiger partial charge >= 0.3 is 0 Å². The predicted octanol–water partition coefficient (Wildman–Crippen LogP) is 2.07. The highest BCUT2D eigenvalue weighted by Crippen LogP contribution is 2.44. The lowest BCUT2D eigenvalue weighted by atomic mass is 9.72. The van der Waals surface area contributed by atoms with E-state index >= 15 is 0 Å². The van der Waals surface area contributed by atoms with Crippen molar-refractivity contribution in [3.63, 3.8) is 0 Å². The van der Waals surface area contributed by atoms with Crippen LogP contribution in [0.3, 0.4) is 0 Å². The second kappa shape index (κ2) is 6.69. The van der Waals surface area contributed by atoms with Crippen LogP contribution in [0.5, 0.6) is 0 Å². The number of nitrogens with zero attached hydrogens (tertiary/aromatic N) is 2. The molecule has 2 aliphatic rings. The minimum absolute atomic E-state index is 0.0407. The quantitative estimate of drug-likeness (QED) is 0.857. The molecule has 23 heavy (non-hydrogen) atoms. The molecular weight excluding hydrogens is 292 g/mol. The monoisotopic (exact) mass is 314 g/mol. The maximum absolute atomic E-state index is 12.8. The van der Waals surface area contributed by atoms with E-state index in [1.54, 1.807) is 31.4 Å². The van der Waals surface area contributed by atoms with E-state index in [0.717, 1.165) is 39.1 Å². The van der Waals surface area contributed by atoms with Crippen LogP contribution in [0.1, 0.15) is 28.8 Å². The Morgan fingerprint density at radius 3 is 2.70 bits per heavy atom. The van der Waals surface area contributed by atoms with Gasteiger partial charge in [-0.15, -0.1) is 0 Å². The van der Waals surface area contributed by atoms with Crippen LogP contribution >= 0.6 is 0 Å². The SMILES string of the molecule is COC[C@H]1CN(C(=O)c2ccc(C#N)cc2)CC12CCOCC2. The van der Waals surface area contributed by atoms with Crippen molar-refractivity contribution in [3.05, 3.63) is 35.4 Å². The molecule has 0 bridgehead atoms. The number of nitriles is 1. The van der Waals surface area contributed by atoms with E-state index in [0.29, 0.717) is 23.7 Å². The van der Waals surface area contributed by atoms with Gasteiger partial charge in [-0.3, -0.25) is 4.79 Å². The summed E-state index contributed by atoms with van der Waals surface area (Å²) in [7, 11) is 1.72. The van der Waals surface area contributed by atoms with Crippen LogP contribution in [0.4, 0.5) is 0 Å². The number of likely N-dealkylation sites (tertiary alicyclic amines) is 1. The Hall–Kier alpha value is -1.90. The van der Waals surface area contributed by atoms with Gasteiger partial charge in [0.15, 0.2) is 0 Å². The lowest BCUT2D eigenvalue weighted by Crippen LogP contribution is -2.39. The number of hydrogen-bond acceptors (Lipinski definition) is 4. The molecule has 2 saturated heterocycles. The number of methoxy groups -OCH3 is 1. The summed E-state index contributed by atoms with van der Waals surface area (Å²) in [6, 6.07) is 8.94. The number of rotatable bonds is 3. The average molecular weight is 314 g/mol. The molecule has 1 atom stereocenters. The summed E-state index contributed by atoms with van der Waals surface area (Å²) >= 11 is 0. The molecule has 0 unspecified atom stereocenters. The molecule has 5 nitrogen and oxygen atoms in total. The summed E-state index contributed by atoms with van der Waals surface area (Å²) in [6.07, 6.45) is 1.97. The van der Waals surface area contributed by atoms with Crippen LogP contribution in [0.15, 0.2) is 24.3 Å². The Kier molecular flexibility index (Phi) is 4.65. The molecule has 0 aliphatic carbocycles. The van der Waals surface area contributed by atoms with Gasteiger partial charge in [0.1, 0.15) is 0 Å². The molecule has 2 aliphatic heterocycles. The summed E-state index contributed by atoms with van der Waals surface area (Å²) in [5.74, 6) is 0.401. The van der Waals surface area contributed by atoms with Gasteiger partial charge in [0, 0.05) is 44.9 Å². The minimum Gasteiger partial charge on any atom is -0.384 e. The first-order chi connectivity index (χ1) is 11.2. The molecule has 1 aromatic rings. The lowest BCUT2D eigenvalue weighted by Gasteiger charge is -2.37. The zero-order valence-electron chi connectivity index (χ0n) is 13.5. The molecular formula is C18H22N2O3. The Balaban J connectivity index is 1.77. The van der Waals surface area contributed by atoms with Crippen molar-refractivity contribution in [3.8, 4) is 6.07 Å². The predicted molar refractivity (Wildman–Crippen MR) is 84.9 cm³/mol. The van der Waals surface area contributed by atoms with Crippen LogP contribution in [0, 0.1) is 22.7 Å². The van der Waals surface area contributed by atoms with Gasteiger partial charge in [-0.2, -0.15) is 5.26 Å². The van der Waals surface area contributed by atoms with Crippen molar-refractivity contribution in [2.75, 3.05) is 40.0 Å². The van der Waals surface area contributed by atoms with Gasteiger partial charge in [-0.1, -0.05) is 0 Å². The first kappa shape index (κ1) is 16.0. The molecule has 1 aromatic carbocycles. The molecule has 2 heterocycles. The molecule has 3 rings (SSSR count). The van der Waals surface area contributed by atoms with Crippen LogP contribution in [0.25, 0.3) is 0 Å². The van der Waals surface area contributed by atoms with E-state index in [-0.39, 0.29) is 11.3 Å². The third-order valence-electron chi connectivity index (χ3n) is 5.22. The highest BCUT2D eigenvalue weighted by atomic mass is 16.5. The van der Waals surface area contributed by atoms with Crippen LogP contribution in [-0.4, -0.2) is 50.8 Å². The Morgan fingerprint density at radius 1 is 1.39 bits per heavy atom. The second-order valence-corrected chi connectivity index (χ2v) is 6.50. The Morgan fingerprint density at radius 2 is 2.09 bits per heavy atom. The molecule has 2 fully saturated rings. The molecule has 1 amide bonds. The molecule has 0 radical (unpaired) electrons. The zero-order chi connectivity index (χ0) is 16.3. The minimum atomic E-state index is 0.0407. The first-order valence-electron chi connectivity index (χ1n) is 8.05. The van der Waals surface area contributed by atoms with Crippen molar-refractivity contribution in [1.29, 1.82) is 5.26 Å². The van der Waals surface area contributed by atoms with Gasteiger partial charge in [-0.25, -0.2) is 0 Å². The van der Waals surface area contributed by atoms with E-state index in [9.17, 15) is 4.79 Å². The highest BCUT2D eigenvalue weighted by molar-refractivity contribution is 5.94. The topological polar surface area (TPSA) is 62.6 Å². The van der Waals surface area contributed by atoms with E-state index in [4.69, 9.17) is 14.7 Å². The molecule has 0 saturated carbocycles. The van der Waals surface area contributed by atoms with Gasteiger partial charge in [0.25, 0.3) is 5.91 Å². The van der Waals surface area contributed by atoms with Crippen LogP contribution in [0.2, 0.25) is 0 Å². The molecule has 122 valence electrons. The van der Waals surface area contributed by atoms with E-state index < -0.39 is 0 Å². The van der Waals surface area contributed by atoms with E-state index in [1.165, 1.54) is 0 Å². The normalized spacial score (nSPS) is 23.0. The summed E-state index contributed by atoms with van der Waals surface area (Å²) < 4.78 is 10.9. The molecule has 0 aromatic heterocycles. The Labute approximate surface area is 136 Å². The van der Waals surface area contributed by atoms with Crippen molar-refractivity contribution < 1.29 is 14.3 Å². The second-order valence-electron chi connectivity index (χ2n) is 6.50. The number of carbonyl (C=O) groups is 1. The fraction of sp³-hybridized carbons (Fsp3) is 0.556. The van der Waals surface area contributed by atoms with E-state index in [1.807, 2.05) is 4.90 Å². The van der Waals surface area contributed by atoms with Crippen molar-refractivity contribution >= 4 is 5.91 Å². The standard InChI is InChI=1S/C18H22N2O3/c1-22-12-16-11-20(13-18(16)6-8-23-9-7-18)17(21)15-4-2-14(10-19)3-5-15/h2-5,16H,6-9,11-13H2,1H3/t16-/m1/s1. The van der Waals surface area contributed by atoms with E-state index in [2.05, 4.69) is 6.07 Å². The highest BCUT2D eigenvalue weighted by Gasteiger charge is 2.48. The van der Waals surface area contributed by atoms with Crippen LogP contribution < -0.4 is 0 Å². The summed E-state index contributed by atoms with van der Waals surface area (Å²) in [4.78, 5) is 14.7. The van der Waals surface area contributed by atoms with Gasteiger partial charge in [0.2, 0.25) is 0 Å². The number of benzene rings is 1.